The number of aliphatic carboxylic acids is 2. The highest BCUT2D eigenvalue weighted by atomic mass is 17.2. The summed E-state index contributed by atoms with van der Waals surface area (Å²) in [4.78, 5) is 37.7. The molecule has 8 heteroatoms. The van der Waals surface area contributed by atoms with Crippen molar-refractivity contribution in [1.82, 2.24) is 0 Å². The molecule has 20 heavy (non-hydrogen) atoms. The zero-order chi connectivity index (χ0) is 16.0. The van der Waals surface area contributed by atoms with Gasteiger partial charge in [-0.25, -0.2) is 24.3 Å². The Balaban J connectivity index is 0. The maximum atomic E-state index is 10.2. The van der Waals surface area contributed by atoms with Crippen LogP contribution in [0, 0.1) is 5.92 Å². The highest BCUT2D eigenvalue weighted by molar-refractivity contribution is 5.85. The van der Waals surface area contributed by atoms with E-state index in [-0.39, 0.29) is 24.5 Å². The zero-order valence-corrected chi connectivity index (χ0v) is 12.0. The van der Waals surface area contributed by atoms with Crippen LogP contribution in [0.4, 0.5) is 0 Å². The van der Waals surface area contributed by atoms with Crippen LogP contribution in [-0.4, -0.2) is 49.6 Å². The van der Waals surface area contributed by atoms with Crippen LogP contribution in [0.15, 0.2) is 12.2 Å². The normalized spacial score (nSPS) is 11.2. The maximum absolute atomic E-state index is 10.2. The minimum Gasteiger partial charge on any atom is -0.481 e. The molecule has 0 aromatic rings. The van der Waals surface area contributed by atoms with Crippen molar-refractivity contribution in [3.63, 3.8) is 0 Å². The van der Waals surface area contributed by atoms with Crippen molar-refractivity contribution in [2.75, 3.05) is 27.4 Å². The molecule has 0 aliphatic carbocycles. The second kappa shape index (κ2) is 13.9. The summed E-state index contributed by atoms with van der Waals surface area (Å²) in [6, 6.07) is 0. The van der Waals surface area contributed by atoms with E-state index in [4.69, 9.17) is 10.2 Å². The lowest BCUT2D eigenvalue weighted by atomic mass is 10.1. The predicted octanol–water partition coefficient (Wildman–Crippen LogP) is 1.27. The van der Waals surface area contributed by atoms with Crippen LogP contribution in [0.3, 0.4) is 0 Å². The summed E-state index contributed by atoms with van der Waals surface area (Å²) in [6.07, 6.45) is 0.756. The molecule has 1 unspecified atom stereocenters. The van der Waals surface area contributed by atoms with E-state index in [2.05, 4.69) is 26.1 Å². The predicted molar refractivity (Wildman–Crippen MR) is 68.7 cm³/mol. The van der Waals surface area contributed by atoms with E-state index in [0.717, 1.165) is 0 Å². The van der Waals surface area contributed by atoms with Crippen molar-refractivity contribution in [3.8, 4) is 0 Å². The molecule has 2 N–H and O–H groups in total. The van der Waals surface area contributed by atoms with Crippen LogP contribution in [0.2, 0.25) is 0 Å². The third-order valence-corrected chi connectivity index (χ3v) is 2.08. The first-order valence-electron chi connectivity index (χ1n) is 5.81. The monoisotopic (exact) mass is 294 g/mol. The van der Waals surface area contributed by atoms with Gasteiger partial charge in [0, 0.05) is 12.0 Å². The van der Waals surface area contributed by atoms with Gasteiger partial charge in [-0.05, 0) is 6.42 Å². The van der Waals surface area contributed by atoms with E-state index < -0.39 is 11.9 Å². The van der Waals surface area contributed by atoms with Crippen LogP contribution < -0.4 is 0 Å². The number of carboxylic acids is 2. The van der Waals surface area contributed by atoms with E-state index in [1.165, 1.54) is 14.2 Å². The Bertz CT molecular complexity index is 289. The van der Waals surface area contributed by atoms with Gasteiger partial charge in [0.05, 0.1) is 33.4 Å². The molecule has 0 rings (SSSR count). The summed E-state index contributed by atoms with van der Waals surface area (Å²) in [5.74, 6) is -2.17. The fraction of sp³-hybridized carbons (Fsp3) is 0.667. The number of rotatable bonds is 10. The molecule has 0 saturated heterocycles. The van der Waals surface area contributed by atoms with Gasteiger partial charge in [-0.15, -0.1) is 0 Å². The minimum absolute atomic E-state index is 0.122. The first-order chi connectivity index (χ1) is 9.36. The number of hydrogen-bond donors (Lipinski definition) is 2. The third-order valence-electron chi connectivity index (χ3n) is 2.08. The van der Waals surface area contributed by atoms with Crippen molar-refractivity contribution >= 4 is 11.9 Å². The molecule has 1 atom stereocenters. The molecular formula is C12H22O8. The summed E-state index contributed by atoms with van der Waals surface area (Å²) in [5.41, 5.74) is 0.122. The van der Waals surface area contributed by atoms with Crippen molar-refractivity contribution in [3.05, 3.63) is 12.2 Å². The summed E-state index contributed by atoms with van der Waals surface area (Å²) in [6.45, 7) is 5.46. The Morgan fingerprint density at radius 2 is 1.60 bits per heavy atom. The molecule has 8 nitrogen and oxygen atoms in total. The summed E-state index contributed by atoms with van der Waals surface area (Å²) >= 11 is 0. The fourth-order valence-corrected chi connectivity index (χ4v) is 0.787. The average molecular weight is 294 g/mol. The molecule has 0 aliphatic rings. The second-order valence-corrected chi connectivity index (χ2v) is 3.66. The van der Waals surface area contributed by atoms with E-state index in [9.17, 15) is 9.59 Å². The first kappa shape index (κ1) is 20.8. The summed E-state index contributed by atoms with van der Waals surface area (Å²) in [7, 11) is 2.76. The molecular weight excluding hydrogens is 272 g/mol. The van der Waals surface area contributed by atoms with E-state index in [0.29, 0.717) is 13.0 Å². The van der Waals surface area contributed by atoms with Gasteiger partial charge in [0.25, 0.3) is 0 Å². The Morgan fingerprint density at radius 1 is 1.10 bits per heavy atom. The summed E-state index contributed by atoms with van der Waals surface area (Å²) in [5, 5.41) is 16.7. The van der Waals surface area contributed by atoms with E-state index in [1.807, 2.05) is 0 Å². The molecule has 0 fully saturated rings. The second-order valence-electron chi connectivity index (χ2n) is 3.66. The molecule has 0 radical (unpaired) electrons. The molecule has 0 saturated carbocycles. The SMILES string of the molecule is C=C(CCOOC)C(=O)O.COOCCC(C)C(=O)O. The smallest absolute Gasteiger partial charge is 0.331 e. The molecule has 0 bridgehead atoms. The highest BCUT2D eigenvalue weighted by Gasteiger charge is 2.09. The lowest BCUT2D eigenvalue weighted by molar-refractivity contribution is -0.273. The topological polar surface area (TPSA) is 112 Å². The van der Waals surface area contributed by atoms with Gasteiger partial charge in [-0.1, -0.05) is 13.5 Å². The van der Waals surface area contributed by atoms with Gasteiger partial charge in [-0.3, -0.25) is 4.79 Å². The fourth-order valence-electron chi connectivity index (χ4n) is 0.787. The van der Waals surface area contributed by atoms with Crippen molar-refractivity contribution in [2.45, 2.75) is 19.8 Å². The lowest BCUT2D eigenvalue weighted by Crippen LogP contribution is -2.11. The van der Waals surface area contributed by atoms with Gasteiger partial charge in [0.2, 0.25) is 0 Å². The molecule has 0 aliphatic heterocycles. The Hall–Kier alpha value is -1.48. The standard InChI is InChI=1S/C6H12O4.C6H10O4/c2*1-5(6(7)8)3-4-10-9-2/h5H,3-4H2,1-2H3,(H,7,8);1,3-4H2,2H3,(H,7,8). The zero-order valence-electron chi connectivity index (χ0n) is 12.0. The highest BCUT2D eigenvalue weighted by Crippen LogP contribution is 2.00. The first-order valence-corrected chi connectivity index (χ1v) is 5.81. The molecule has 118 valence electrons. The third kappa shape index (κ3) is 14.6. The van der Waals surface area contributed by atoms with Crippen LogP contribution in [0.1, 0.15) is 19.8 Å². The largest absolute Gasteiger partial charge is 0.481 e. The molecule has 0 aromatic heterocycles. The molecule has 0 heterocycles. The molecule has 0 spiro atoms. The summed E-state index contributed by atoms with van der Waals surface area (Å²) < 4.78 is 0. The quantitative estimate of drug-likeness (QED) is 0.268. The minimum atomic E-state index is -1.00. The van der Waals surface area contributed by atoms with Gasteiger partial charge >= 0.3 is 11.9 Å². The number of carbonyl (C=O) groups is 2. The van der Waals surface area contributed by atoms with Gasteiger partial charge in [0.15, 0.2) is 0 Å². The van der Waals surface area contributed by atoms with Crippen LogP contribution in [-0.2, 0) is 29.1 Å². The van der Waals surface area contributed by atoms with Crippen molar-refractivity contribution < 1.29 is 39.4 Å². The number of hydrogen-bond acceptors (Lipinski definition) is 6. The van der Waals surface area contributed by atoms with Gasteiger partial charge in [0.1, 0.15) is 0 Å². The Kier molecular flexibility index (Phi) is 14.5. The van der Waals surface area contributed by atoms with Gasteiger partial charge < -0.3 is 10.2 Å². The van der Waals surface area contributed by atoms with Crippen molar-refractivity contribution in [2.24, 2.45) is 5.92 Å². The molecule has 0 aromatic carbocycles. The van der Waals surface area contributed by atoms with Crippen LogP contribution in [0.5, 0.6) is 0 Å². The Morgan fingerprint density at radius 3 is 2.00 bits per heavy atom. The van der Waals surface area contributed by atoms with Crippen molar-refractivity contribution in [1.29, 1.82) is 0 Å². The van der Waals surface area contributed by atoms with E-state index >= 15 is 0 Å². The lowest BCUT2D eigenvalue weighted by Gasteiger charge is -2.03. The van der Waals surface area contributed by atoms with Gasteiger partial charge in [-0.2, -0.15) is 0 Å². The Labute approximate surface area is 117 Å². The van der Waals surface area contributed by atoms with Crippen LogP contribution >= 0.6 is 0 Å². The van der Waals surface area contributed by atoms with Crippen LogP contribution in [0.25, 0.3) is 0 Å². The van der Waals surface area contributed by atoms with E-state index in [1.54, 1.807) is 6.92 Å². The maximum Gasteiger partial charge on any atom is 0.331 e. The average Bonchev–Trinajstić information content (AvgIpc) is 2.39. The number of carboxylic acid groups (broad SMARTS) is 2. The molecule has 0 amide bonds.